The molecule has 3 aromatic rings. The van der Waals surface area contributed by atoms with Gasteiger partial charge in [-0.2, -0.15) is 4.31 Å². The van der Waals surface area contributed by atoms with E-state index in [2.05, 4.69) is 10.3 Å². The molecular formula is C22H25N3O5S3. The molecule has 33 heavy (non-hydrogen) atoms. The van der Waals surface area contributed by atoms with Crippen LogP contribution in [0.1, 0.15) is 13.8 Å². The van der Waals surface area contributed by atoms with Crippen molar-refractivity contribution in [2.75, 3.05) is 38.2 Å². The van der Waals surface area contributed by atoms with Crippen LogP contribution in [0.2, 0.25) is 0 Å². The van der Waals surface area contributed by atoms with E-state index in [4.69, 9.17) is 9.47 Å². The summed E-state index contributed by atoms with van der Waals surface area (Å²) in [7, 11) is -3.63. The van der Waals surface area contributed by atoms with Gasteiger partial charge in [-0.3, -0.25) is 4.79 Å². The molecule has 0 unspecified atom stereocenters. The Morgan fingerprint density at radius 2 is 2.06 bits per heavy atom. The minimum absolute atomic E-state index is 0.152. The number of fused-ring (bicyclic) bond motifs is 1. The second-order valence-electron chi connectivity index (χ2n) is 7.34. The molecule has 4 rings (SSSR count). The van der Waals surface area contributed by atoms with E-state index in [9.17, 15) is 13.2 Å². The van der Waals surface area contributed by atoms with Crippen LogP contribution < -0.4 is 10.1 Å². The van der Waals surface area contributed by atoms with Crippen LogP contribution in [0.25, 0.3) is 10.2 Å². The Labute approximate surface area is 201 Å². The summed E-state index contributed by atoms with van der Waals surface area (Å²) in [4.78, 5) is 17.5. The zero-order valence-electron chi connectivity index (χ0n) is 18.3. The van der Waals surface area contributed by atoms with Gasteiger partial charge in [0.2, 0.25) is 15.9 Å². The van der Waals surface area contributed by atoms with Gasteiger partial charge in [0, 0.05) is 18.8 Å². The zero-order chi connectivity index (χ0) is 23.4. The van der Waals surface area contributed by atoms with E-state index in [0.29, 0.717) is 38.6 Å². The topological polar surface area (TPSA) is 97.8 Å². The number of carbonyl (C=O) groups is 1. The summed E-state index contributed by atoms with van der Waals surface area (Å²) in [5.41, 5.74) is 1.30. The van der Waals surface area contributed by atoms with Gasteiger partial charge in [0.15, 0.2) is 4.34 Å². The van der Waals surface area contributed by atoms with Crippen molar-refractivity contribution in [3.8, 4) is 5.75 Å². The van der Waals surface area contributed by atoms with Gasteiger partial charge in [0.25, 0.3) is 0 Å². The fraction of sp³-hybridized carbons (Fsp3) is 0.364. The van der Waals surface area contributed by atoms with E-state index in [1.165, 1.54) is 39.5 Å². The molecule has 1 N–H and O–H groups in total. The van der Waals surface area contributed by atoms with Gasteiger partial charge >= 0.3 is 0 Å². The van der Waals surface area contributed by atoms with E-state index < -0.39 is 15.3 Å². The van der Waals surface area contributed by atoms with Crippen molar-refractivity contribution in [3.05, 3.63) is 42.5 Å². The molecule has 1 saturated heterocycles. The lowest BCUT2D eigenvalue weighted by Gasteiger charge is -2.26. The van der Waals surface area contributed by atoms with Crippen molar-refractivity contribution < 1.29 is 22.7 Å². The highest BCUT2D eigenvalue weighted by atomic mass is 32.2. The van der Waals surface area contributed by atoms with Crippen LogP contribution in [-0.2, 0) is 19.6 Å². The lowest BCUT2D eigenvalue weighted by molar-refractivity contribution is -0.115. The average Bonchev–Trinajstić information content (AvgIpc) is 3.21. The number of ether oxygens (including phenoxy) is 2. The number of thioether (sulfide) groups is 1. The number of thiazole rings is 1. The number of sulfonamides is 1. The van der Waals surface area contributed by atoms with Crippen LogP contribution in [0.15, 0.2) is 51.7 Å². The maximum atomic E-state index is 12.9. The number of nitrogens with zero attached hydrogens (tertiary/aromatic N) is 2. The Morgan fingerprint density at radius 1 is 1.27 bits per heavy atom. The molecule has 1 aromatic heterocycles. The van der Waals surface area contributed by atoms with Gasteiger partial charge in [-0.25, -0.2) is 13.4 Å². The number of benzene rings is 2. The Kier molecular flexibility index (Phi) is 7.55. The lowest BCUT2D eigenvalue weighted by atomic mass is 10.3. The quantitative estimate of drug-likeness (QED) is 0.463. The number of anilines is 1. The van der Waals surface area contributed by atoms with E-state index in [0.717, 1.165) is 20.3 Å². The first-order valence-electron chi connectivity index (χ1n) is 10.6. The average molecular weight is 508 g/mol. The monoisotopic (exact) mass is 507 g/mol. The van der Waals surface area contributed by atoms with Crippen molar-refractivity contribution in [1.82, 2.24) is 9.29 Å². The van der Waals surface area contributed by atoms with Crippen LogP contribution in [0.3, 0.4) is 0 Å². The fourth-order valence-electron chi connectivity index (χ4n) is 3.31. The van der Waals surface area contributed by atoms with E-state index in [1.807, 2.05) is 25.1 Å². The van der Waals surface area contributed by atoms with Crippen LogP contribution >= 0.6 is 23.1 Å². The summed E-state index contributed by atoms with van der Waals surface area (Å²) < 4.78 is 39.7. The molecule has 1 aliphatic rings. The van der Waals surface area contributed by atoms with Crippen LogP contribution in [0, 0.1) is 0 Å². The van der Waals surface area contributed by atoms with E-state index >= 15 is 0 Å². The van der Waals surface area contributed by atoms with Gasteiger partial charge in [-0.15, -0.1) is 11.3 Å². The Morgan fingerprint density at radius 3 is 2.82 bits per heavy atom. The smallest absolute Gasteiger partial charge is 0.243 e. The first-order chi connectivity index (χ1) is 15.9. The first-order valence-corrected chi connectivity index (χ1v) is 13.7. The second kappa shape index (κ2) is 10.4. The minimum Gasteiger partial charge on any atom is -0.494 e. The minimum atomic E-state index is -3.63. The van der Waals surface area contributed by atoms with E-state index in [1.54, 1.807) is 19.1 Å². The third kappa shape index (κ3) is 5.67. The SMILES string of the molecule is CCOc1ccc2nc(S[C@H](C)C(=O)Nc3cccc(S(=O)(=O)N4CCOCC4)c3)sc2c1. The van der Waals surface area contributed by atoms with Gasteiger partial charge < -0.3 is 14.8 Å². The molecule has 0 bridgehead atoms. The second-order valence-corrected chi connectivity index (χ2v) is 11.9. The molecule has 0 saturated carbocycles. The summed E-state index contributed by atoms with van der Waals surface area (Å²) in [6.45, 7) is 5.73. The predicted molar refractivity (Wildman–Crippen MR) is 131 cm³/mol. The maximum absolute atomic E-state index is 12.9. The summed E-state index contributed by atoms with van der Waals surface area (Å²) in [6, 6.07) is 12.1. The van der Waals surface area contributed by atoms with Crippen LogP contribution in [-0.4, -0.2) is 61.8 Å². The number of hydrogen-bond donors (Lipinski definition) is 1. The summed E-state index contributed by atoms with van der Waals surface area (Å²) in [5.74, 6) is 0.568. The molecule has 8 nitrogen and oxygen atoms in total. The van der Waals surface area contributed by atoms with Crippen molar-refractivity contribution in [2.24, 2.45) is 0 Å². The van der Waals surface area contributed by atoms with Crippen molar-refractivity contribution in [1.29, 1.82) is 0 Å². The van der Waals surface area contributed by atoms with Gasteiger partial charge in [-0.1, -0.05) is 17.8 Å². The third-order valence-corrected chi connectivity index (χ3v) is 9.11. The largest absolute Gasteiger partial charge is 0.494 e. The standard InChI is InChI=1S/C22H25N3O5S3/c1-3-30-17-7-8-19-20(14-17)32-22(24-19)31-15(2)21(26)23-16-5-4-6-18(13-16)33(27,28)25-9-11-29-12-10-25/h4-8,13-15H,3,9-12H2,1-2H3,(H,23,26)/t15-/m1/s1. The number of morpholine rings is 1. The molecule has 2 heterocycles. The maximum Gasteiger partial charge on any atom is 0.243 e. The Bertz CT molecular complexity index is 1240. The van der Waals surface area contributed by atoms with Gasteiger partial charge in [0.05, 0.1) is 40.2 Å². The Balaban J connectivity index is 1.43. The van der Waals surface area contributed by atoms with Gasteiger partial charge in [0.1, 0.15) is 5.75 Å². The zero-order valence-corrected chi connectivity index (χ0v) is 20.8. The molecule has 176 valence electrons. The van der Waals surface area contributed by atoms with Crippen molar-refractivity contribution in [3.63, 3.8) is 0 Å². The van der Waals surface area contributed by atoms with Crippen molar-refractivity contribution >= 4 is 54.9 Å². The molecule has 1 fully saturated rings. The number of rotatable bonds is 8. The molecule has 2 aromatic carbocycles. The predicted octanol–water partition coefficient (Wildman–Crippen LogP) is 3.84. The number of amides is 1. The Hall–Kier alpha value is -2.18. The molecule has 0 spiro atoms. The number of nitrogens with one attached hydrogen (secondary N) is 1. The molecule has 0 radical (unpaired) electrons. The molecule has 0 aliphatic carbocycles. The van der Waals surface area contributed by atoms with Gasteiger partial charge in [-0.05, 0) is 50.2 Å². The molecule has 11 heteroatoms. The molecule has 1 atom stereocenters. The highest BCUT2D eigenvalue weighted by Gasteiger charge is 2.26. The van der Waals surface area contributed by atoms with Crippen LogP contribution in [0.4, 0.5) is 5.69 Å². The fourth-order valence-corrected chi connectivity index (χ4v) is 7.00. The van der Waals surface area contributed by atoms with E-state index in [-0.39, 0.29) is 10.8 Å². The number of hydrogen-bond acceptors (Lipinski definition) is 8. The highest BCUT2D eigenvalue weighted by Crippen LogP contribution is 2.34. The summed E-state index contributed by atoms with van der Waals surface area (Å²) >= 11 is 2.87. The normalized spacial score (nSPS) is 15.9. The van der Waals surface area contributed by atoms with Crippen molar-refractivity contribution in [2.45, 2.75) is 28.3 Å². The highest BCUT2D eigenvalue weighted by molar-refractivity contribution is 8.02. The summed E-state index contributed by atoms with van der Waals surface area (Å²) in [5, 5.41) is 2.41. The molecular weight excluding hydrogens is 482 g/mol. The number of carbonyl (C=O) groups excluding carboxylic acids is 1. The number of aromatic nitrogens is 1. The molecule has 1 aliphatic heterocycles. The first kappa shape index (κ1) is 24.0. The third-order valence-electron chi connectivity index (χ3n) is 5.01. The van der Waals surface area contributed by atoms with Crippen LogP contribution in [0.5, 0.6) is 5.75 Å². The molecule has 1 amide bonds. The lowest BCUT2D eigenvalue weighted by Crippen LogP contribution is -2.40. The summed E-state index contributed by atoms with van der Waals surface area (Å²) in [6.07, 6.45) is 0.